The maximum absolute atomic E-state index is 13.0. The molecule has 0 saturated carbocycles. The predicted octanol–water partition coefficient (Wildman–Crippen LogP) is 2.32. The van der Waals surface area contributed by atoms with Crippen LogP contribution >= 0.6 is 0 Å². The van der Waals surface area contributed by atoms with Gasteiger partial charge in [0.15, 0.2) is 0 Å². The molecule has 9 heteroatoms. The summed E-state index contributed by atoms with van der Waals surface area (Å²) in [4.78, 5) is 25.5. The lowest BCUT2D eigenvalue weighted by molar-refractivity contribution is -0.130. The number of carbonyl (C=O) groups excluding carboxylic acids is 2. The van der Waals surface area contributed by atoms with Crippen molar-refractivity contribution in [1.82, 2.24) is 16.0 Å². The highest BCUT2D eigenvalue weighted by Crippen LogP contribution is 2.22. The zero-order chi connectivity index (χ0) is 27.8. The zero-order valence-electron chi connectivity index (χ0n) is 23.6. The molecule has 3 unspecified atom stereocenters. The standard InChI is InChI=1S/C28H50N4O5/c1-20(2)21(17-23(29)24(33)19-32-27(35)28(3,4)13-14-30-5)18-31-26(34)22-11-7-8-12-25(22)37-16-10-9-15-36-6/h7-8,11-12,20-21,23-24,30,33H,9-10,13-19,29H2,1-6H3,(H,31,34)(H,32,35). The predicted molar refractivity (Wildman–Crippen MR) is 148 cm³/mol. The van der Waals surface area contributed by atoms with E-state index in [2.05, 4.69) is 29.8 Å². The van der Waals surface area contributed by atoms with Gasteiger partial charge in [0.2, 0.25) is 5.91 Å². The molecule has 0 aliphatic carbocycles. The van der Waals surface area contributed by atoms with E-state index in [4.69, 9.17) is 15.2 Å². The number of carbonyl (C=O) groups is 2. The van der Waals surface area contributed by atoms with E-state index in [0.29, 0.717) is 43.9 Å². The number of hydrogen-bond donors (Lipinski definition) is 5. The van der Waals surface area contributed by atoms with Gasteiger partial charge in [0.25, 0.3) is 5.91 Å². The Morgan fingerprint density at radius 3 is 2.41 bits per heavy atom. The first-order valence-electron chi connectivity index (χ1n) is 13.4. The fourth-order valence-corrected chi connectivity index (χ4v) is 3.87. The highest BCUT2D eigenvalue weighted by molar-refractivity contribution is 5.96. The van der Waals surface area contributed by atoms with E-state index < -0.39 is 17.6 Å². The number of amides is 2. The summed E-state index contributed by atoms with van der Waals surface area (Å²) in [6, 6.07) is 6.67. The van der Waals surface area contributed by atoms with Crippen molar-refractivity contribution in [2.24, 2.45) is 23.0 Å². The lowest BCUT2D eigenvalue weighted by atomic mass is 9.87. The molecule has 1 aromatic carbocycles. The molecule has 6 N–H and O–H groups in total. The summed E-state index contributed by atoms with van der Waals surface area (Å²) < 4.78 is 10.9. The van der Waals surface area contributed by atoms with Crippen LogP contribution in [0, 0.1) is 17.3 Å². The van der Waals surface area contributed by atoms with Crippen LogP contribution in [0.15, 0.2) is 24.3 Å². The number of ether oxygens (including phenoxy) is 2. The van der Waals surface area contributed by atoms with Crippen LogP contribution in [0.3, 0.4) is 0 Å². The van der Waals surface area contributed by atoms with Crippen molar-refractivity contribution < 1.29 is 24.2 Å². The van der Waals surface area contributed by atoms with Gasteiger partial charge in [0, 0.05) is 38.3 Å². The van der Waals surface area contributed by atoms with Crippen LogP contribution < -0.4 is 26.4 Å². The summed E-state index contributed by atoms with van der Waals surface area (Å²) in [6.07, 6.45) is 2.05. The average molecular weight is 523 g/mol. The molecule has 0 spiro atoms. The third kappa shape index (κ3) is 12.3. The third-order valence-electron chi connectivity index (χ3n) is 6.76. The Morgan fingerprint density at radius 2 is 1.76 bits per heavy atom. The molecule has 2 amide bonds. The highest BCUT2D eigenvalue weighted by atomic mass is 16.5. The van der Waals surface area contributed by atoms with E-state index in [1.54, 1.807) is 19.2 Å². The van der Waals surface area contributed by atoms with Gasteiger partial charge in [-0.15, -0.1) is 0 Å². The first-order chi connectivity index (χ1) is 17.5. The molecule has 9 nitrogen and oxygen atoms in total. The Balaban J connectivity index is 2.62. The maximum Gasteiger partial charge on any atom is 0.255 e. The molecule has 1 aromatic rings. The summed E-state index contributed by atoms with van der Waals surface area (Å²) >= 11 is 0. The average Bonchev–Trinajstić information content (AvgIpc) is 2.87. The Bertz CT molecular complexity index is 803. The number of nitrogens with one attached hydrogen (secondary N) is 3. The third-order valence-corrected chi connectivity index (χ3v) is 6.76. The monoisotopic (exact) mass is 522 g/mol. The van der Waals surface area contributed by atoms with E-state index >= 15 is 0 Å². The van der Waals surface area contributed by atoms with Gasteiger partial charge in [-0.1, -0.05) is 39.8 Å². The first-order valence-corrected chi connectivity index (χ1v) is 13.4. The van der Waals surface area contributed by atoms with Crippen LogP contribution in [-0.2, 0) is 9.53 Å². The molecular formula is C28H50N4O5. The van der Waals surface area contributed by atoms with E-state index in [1.807, 2.05) is 33.0 Å². The van der Waals surface area contributed by atoms with Gasteiger partial charge < -0.3 is 36.3 Å². The molecule has 37 heavy (non-hydrogen) atoms. The SMILES string of the molecule is CNCCC(C)(C)C(=O)NCC(O)C(N)CC(CNC(=O)c1ccccc1OCCCCOC)C(C)C. The Morgan fingerprint density at radius 1 is 1.08 bits per heavy atom. The molecule has 1 rings (SSSR count). The number of methoxy groups -OCH3 is 1. The molecule has 0 saturated heterocycles. The van der Waals surface area contributed by atoms with Gasteiger partial charge in [-0.25, -0.2) is 0 Å². The van der Waals surface area contributed by atoms with E-state index in [9.17, 15) is 14.7 Å². The minimum absolute atomic E-state index is 0.0542. The fourth-order valence-electron chi connectivity index (χ4n) is 3.87. The summed E-state index contributed by atoms with van der Waals surface area (Å²) in [6.45, 7) is 10.3. The lowest BCUT2D eigenvalue weighted by Gasteiger charge is -2.29. The van der Waals surface area contributed by atoms with Crippen molar-refractivity contribution >= 4 is 11.8 Å². The normalized spacial score (nSPS) is 14.2. The second kappa shape index (κ2) is 17.3. The summed E-state index contributed by atoms with van der Waals surface area (Å²) in [5, 5.41) is 19.5. The summed E-state index contributed by atoms with van der Waals surface area (Å²) in [5.74, 6) is 0.531. The smallest absolute Gasteiger partial charge is 0.255 e. The van der Waals surface area contributed by atoms with Crippen molar-refractivity contribution in [1.29, 1.82) is 0 Å². The number of nitrogens with two attached hydrogens (primary N) is 1. The van der Waals surface area contributed by atoms with Gasteiger partial charge in [-0.3, -0.25) is 9.59 Å². The maximum atomic E-state index is 13.0. The van der Waals surface area contributed by atoms with Gasteiger partial charge >= 0.3 is 0 Å². The van der Waals surface area contributed by atoms with Crippen molar-refractivity contribution in [3.05, 3.63) is 29.8 Å². The number of hydrogen-bond acceptors (Lipinski definition) is 7. The van der Waals surface area contributed by atoms with Gasteiger partial charge in [0.1, 0.15) is 5.75 Å². The quantitative estimate of drug-likeness (QED) is 0.176. The first kappa shape index (κ1) is 32.8. The van der Waals surface area contributed by atoms with Crippen LogP contribution in [0.1, 0.15) is 63.7 Å². The van der Waals surface area contributed by atoms with Gasteiger partial charge in [0.05, 0.1) is 18.3 Å². The lowest BCUT2D eigenvalue weighted by Crippen LogP contribution is -2.48. The van der Waals surface area contributed by atoms with E-state index in [-0.39, 0.29) is 30.2 Å². The van der Waals surface area contributed by atoms with Crippen molar-refractivity contribution in [2.75, 3.05) is 47.0 Å². The largest absolute Gasteiger partial charge is 0.493 e. The number of unbranched alkanes of at least 4 members (excludes halogenated alkanes) is 1. The molecule has 0 aromatic heterocycles. The number of aliphatic hydroxyl groups is 1. The zero-order valence-corrected chi connectivity index (χ0v) is 23.6. The minimum atomic E-state index is -0.881. The Kier molecular flexibility index (Phi) is 15.4. The molecule has 0 radical (unpaired) electrons. The van der Waals surface area contributed by atoms with Crippen LogP contribution in [0.2, 0.25) is 0 Å². The molecule has 0 aliphatic rings. The van der Waals surface area contributed by atoms with E-state index in [1.165, 1.54) is 0 Å². The van der Waals surface area contributed by atoms with Crippen molar-refractivity contribution in [3.63, 3.8) is 0 Å². The molecule has 0 bridgehead atoms. The molecule has 212 valence electrons. The Labute approximate surface area is 223 Å². The molecular weight excluding hydrogens is 472 g/mol. The Hall–Kier alpha value is -2.20. The second-order valence-electron chi connectivity index (χ2n) is 10.7. The minimum Gasteiger partial charge on any atom is -0.493 e. The summed E-state index contributed by atoms with van der Waals surface area (Å²) in [5.41, 5.74) is 6.26. The van der Waals surface area contributed by atoms with Gasteiger partial charge in [-0.05, 0) is 63.2 Å². The number of para-hydroxylation sites is 1. The van der Waals surface area contributed by atoms with Crippen molar-refractivity contribution in [2.45, 2.75) is 65.5 Å². The van der Waals surface area contributed by atoms with Gasteiger partial charge in [-0.2, -0.15) is 0 Å². The van der Waals surface area contributed by atoms with E-state index in [0.717, 1.165) is 19.4 Å². The van der Waals surface area contributed by atoms with Crippen LogP contribution in [0.25, 0.3) is 0 Å². The number of aliphatic hydroxyl groups excluding tert-OH is 1. The second-order valence-corrected chi connectivity index (χ2v) is 10.7. The summed E-state index contributed by atoms with van der Waals surface area (Å²) in [7, 11) is 3.52. The molecule has 0 fully saturated rings. The molecule has 0 aliphatic heterocycles. The van der Waals surface area contributed by atoms with Crippen molar-refractivity contribution in [3.8, 4) is 5.75 Å². The highest BCUT2D eigenvalue weighted by Gasteiger charge is 2.29. The molecule has 0 heterocycles. The number of benzene rings is 1. The van der Waals surface area contributed by atoms with Crippen LogP contribution in [-0.4, -0.2) is 76.1 Å². The van der Waals surface area contributed by atoms with Crippen LogP contribution in [0.5, 0.6) is 5.75 Å². The van der Waals surface area contributed by atoms with Crippen LogP contribution in [0.4, 0.5) is 0 Å². The molecule has 3 atom stereocenters. The topological polar surface area (TPSA) is 135 Å². The fraction of sp³-hybridized carbons (Fsp3) is 0.714. The number of rotatable bonds is 19.